The fraction of sp³-hybridized carbons (Fsp3) is 0. The third-order valence-corrected chi connectivity index (χ3v) is 12.9. The molecule has 0 aliphatic rings. The smallest absolute Gasteiger partial charge is 0.265 e. The number of rotatable bonds is 7. The van der Waals surface area contributed by atoms with Crippen LogP contribution in [0.3, 0.4) is 0 Å². The molecule has 4 aromatic heterocycles. The Morgan fingerprint density at radius 2 is 0.761 bits per heavy atom. The van der Waals surface area contributed by atoms with Crippen molar-refractivity contribution in [2.75, 3.05) is 0 Å². The molecule has 0 saturated heterocycles. The summed E-state index contributed by atoms with van der Waals surface area (Å²) in [7, 11) is 0. The van der Waals surface area contributed by atoms with E-state index in [0.29, 0.717) is 22.9 Å². The van der Waals surface area contributed by atoms with Crippen LogP contribution < -0.4 is 5.56 Å². The first kappa shape index (κ1) is 38.3. The summed E-state index contributed by atoms with van der Waals surface area (Å²) in [5, 5.41) is 4.66. The van der Waals surface area contributed by atoms with E-state index in [4.69, 9.17) is 15.0 Å². The van der Waals surface area contributed by atoms with Crippen LogP contribution >= 0.6 is 0 Å². The van der Waals surface area contributed by atoms with Gasteiger partial charge in [0.2, 0.25) is 0 Å². The quantitative estimate of drug-likeness (QED) is 0.160. The molecule has 0 radical (unpaired) electrons. The van der Waals surface area contributed by atoms with Crippen molar-refractivity contribution >= 4 is 54.5 Å². The Kier molecular flexibility index (Phi) is 8.86. The minimum atomic E-state index is -0.0995. The van der Waals surface area contributed by atoms with Gasteiger partial charge in [0.25, 0.3) is 5.56 Å². The molecule has 4 heterocycles. The number of benzene rings is 9. The van der Waals surface area contributed by atoms with Crippen molar-refractivity contribution in [2.24, 2.45) is 0 Å². The summed E-state index contributed by atoms with van der Waals surface area (Å²) in [6.07, 6.45) is 0. The second kappa shape index (κ2) is 15.5. The Hall–Kier alpha value is -9.20. The molecule has 7 nitrogen and oxygen atoms in total. The Balaban J connectivity index is 1.20. The highest BCUT2D eigenvalue weighted by Crippen LogP contribution is 2.43. The average molecular weight is 859 g/mol. The highest BCUT2D eigenvalue weighted by Gasteiger charge is 2.26. The Bertz CT molecular complexity index is 4030. The first-order chi connectivity index (χ1) is 33.2. The van der Waals surface area contributed by atoms with Gasteiger partial charge in [-0.25, -0.2) is 15.0 Å². The summed E-state index contributed by atoms with van der Waals surface area (Å²) < 4.78 is 6.42. The average Bonchev–Trinajstić information content (AvgIpc) is 3.92. The van der Waals surface area contributed by atoms with Crippen LogP contribution in [-0.4, -0.2) is 28.7 Å². The zero-order chi connectivity index (χ0) is 44.4. The fourth-order valence-corrected chi connectivity index (χ4v) is 9.92. The van der Waals surface area contributed by atoms with E-state index in [9.17, 15) is 0 Å². The van der Waals surface area contributed by atoms with Crippen LogP contribution in [0.25, 0.3) is 117 Å². The van der Waals surface area contributed by atoms with Gasteiger partial charge < -0.3 is 9.13 Å². The lowest BCUT2D eigenvalue weighted by atomic mass is 9.95. The molecule has 0 atom stereocenters. The van der Waals surface area contributed by atoms with Crippen molar-refractivity contribution in [1.82, 2.24) is 28.7 Å². The highest BCUT2D eigenvalue weighted by atomic mass is 16.1. The summed E-state index contributed by atoms with van der Waals surface area (Å²) in [5.41, 5.74) is 11.9. The Morgan fingerprint density at radius 3 is 1.36 bits per heavy atom. The molecule has 0 aliphatic heterocycles. The van der Waals surface area contributed by atoms with Crippen LogP contribution in [0.5, 0.6) is 0 Å². The molecule has 314 valence electrons. The molecule has 0 N–H and O–H groups in total. The van der Waals surface area contributed by atoms with Crippen LogP contribution in [0.2, 0.25) is 0 Å². The molecule has 0 saturated carbocycles. The number of aromatic nitrogens is 6. The molecular weight excluding hydrogens is 821 g/mol. The van der Waals surface area contributed by atoms with Gasteiger partial charge in [0.1, 0.15) is 0 Å². The van der Waals surface area contributed by atoms with Crippen molar-refractivity contribution < 1.29 is 0 Å². The van der Waals surface area contributed by atoms with E-state index in [1.54, 1.807) is 0 Å². The molecule has 67 heavy (non-hydrogen) atoms. The van der Waals surface area contributed by atoms with Crippen molar-refractivity contribution in [1.29, 1.82) is 0 Å². The van der Waals surface area contributed by atoms with E-state index < -0.39 is 0 Å². The molecule has 13 rings (SSSR count). The summed E-state index contributed by atoms with van der Waals surface area (Å²) in [5.74, 6) is 1.65. The zero-order valence-corrected chi connectivity index (χ0v) is 36.0. The second-order valence-electron chi connectivity index (χ2n) is 16.8. The maximum absolute atomic E-state index is 15.6. The van der Waals surface area contributed by atoms with Crippen LogP contribution in [0, 0.1) is 0 Å². The van der Waals surface area contributed by atoms with Gasteiger partial charge in [0.15, 0.2) is 17.5 Å². The SMILES string of the molecule is O=c1c2c3cc(-c4ccc5c(c4)c4ccccc4n5-c4ccccc4)c(-c4nc(-c5ccccc5)nc(-c5ccccc5)n4)cc3n(-c3ccccc3)c2c2ccccc2n1-c1ccccc1. The van der Waals surface area contributed by atoms with Crippen LogP contribution in [0.1, 0.15) is 0 Å². The molecule has 0 spiro atoms. The first-order valence-electron chi connectivity index (χ1n) is 22.4. The Labute approximate surface area is 384 Å². The molecule has 0 amide bonds. The fourth-order valence-electron chi connectivity index (χ4n) is 9.92. The molecule has 7 heteroatoms. The number of fused-ring (bicyclic) bond motifs is 8. The third kappa shape index (κ3) is 6.20. The van der Waals surface area contributed by atoms with Crippen LogP contribution in [0.15, 0.2) is 235 Å². The number of para-hydroxylation sites is 5. The number of hydrogen-bond acceptors (Lipinski definition) is 4. The number of hydrogen-bond donors (Lipinski definition) is 0. The minimum Gasteiger partial charge on any atom is -0.309 e. The third-order valence-electron chi connectivity index (χ3n) is 12.9. The van der Waals surface area contributed by atoms with Gasteiger partial charge in [0.05, 0.1) is 33.0 Å². The summed E-state index contributed by atoms with van der Waals surface area (Å²) in [6, 6.07) is 78.7. The van der Waals surface area contributed by atoms with Gasteiger partial charge >= 0.3 is 0 Å². The first-order valence-corrected chi connectivity index (χ1v) is 22.4. The lowest BCUT2D eigenvalue weighted by molar-refractivity contribution is 1.06. The van der Waals surface area contributed by atoms with E-state index >= 15 is 4.79 Å². The topological polar surface area (TPSA) is 70.5 Å². The zero-order valence-electron chi connectivity index (χ0n) is 36.0. The largest absolute Gasteiger partial charge is 0.309 e. The molecular formula is C60H38N6O. The molecule has 0 bridgehead atoms. The van der Waals surface area contributed by atoms with Gasteiger partial charge in [0, 0.05) is 55.3 Å². The normalized spacial score (nSPS) is 11.6. The van der Waals surface area contributed by atoms with Gasteiger partial charge in [-0.15, -0.1) is 0 Å². The molecule has 0 fully saturated rings. The van der Waals surface area contributed by atoms with Crippen molar-refractivity contribution in [3.63, 3.8) is 0 Å². The summed E-state index contributed by atoms with van der Waals surface area (Å²) in [6.45, 7) is 0. The van der Waals surface area contributed by atoms with Crippen LogP contribution in [-0.2, 0) is 0 Å². The van der Waals surface area contributed by atoms with Gasteiger partial charge in [-0.05, 0) is 83.9 Å². The van der Waals surface area contributed by atoms with Gasteiger partial charge in [-0.3, -0.25) is 9.36 Å². The second-order valence-corrected chi connectivity index (χ2v) is 16.8. The van der Waals surface area contributed by atoms with Crippen molar-refractivity contribution in [3.8, 4) is 62.4 Å². The molecule has 0 aliphatic carbocycles. The highest BCUT2D eigenvalue weighted by molar-refractivity contribution is 6.20. The standard InChI is InChI=1S/C60H38N6O/c67-60-55-50-37-47(41-34-35-53-48(36-41)45-30-16-18-32-51(45)64(53)42-24-10-3-11-25-42)49(59-62-57(39-20-6-1-7-21-39)61-58(63-59)40-22-8-2-9-23-40)38-54(50)65(43-26-12-4-13-27-43)56(55)46-31-17-19-33-52(46)66(60)44-28-14-5-15-29-44/h1-38H. The maximum Gasteiger partial charge on any atom is 0.265 e. The monoisotopic (exact) mass is 858 g/mol. The lowest BCUT2D eigenvalue weighted by Gasteiger charge is -2.15. The predicted molar refractivity (Wildman–Crippen MR) is 273 cm³/mol. The number of nitrogens with zero attached hydrogens (tertiary/aromatic N) is 6. The summed E-state index contributed by atoms with van der Waals surface area (Å²) in [4.78, 5) is 31.3. The van der Waals surface area contributed by atoms with Crippen molar-refractivity contribution in [3.05, 3.63) is 241 Å². The molecule has 0 unspecified atom stereocenters. The van der Waals surface area contributed by atoms with Gasteiger partial charge in [-0.2, -0.15) is 0 Å². The Morgan fingerprint density at radius 1 is 0.299 bits per heavy atom. The number of pyridine rings is 1. The van der Waals surface area contributed by atoms with Gasteiger partial charge in [-0.1, -0.05) is 158 Å². The maximum atomic E-state index is 15.6. The van der Waals surface area contributed by atoms with E-state index in [0.717, 1.165) is 94.0 Å². The molecule has 13 aromatic rings. The van der Waals surface area contributed by atoms with Crippen LogP contribution in [0.4, 0.5) is 0 Å². The summed E-state index contributed by atoms with van der Waals surface area (Å²) >= 11 is 0. The molecule has 9 aromatic carbocycles. The van der Waals surface area contributed by atoms with E-state index in [1.165, 1.54) is 0 Å². The minimum absolute atomic E-state index is 0.0995. The lowest BCUT2D eigenvalue weighted by Crippen LogP contribution is -2.19. The van der Waals surface area contributed by atoms with E-state index in [2.05, 4.69) is 106 Å². The van der Waals surface area contributed by atoms with Crippen molar-refractivity contribution in [2.45, 2.75) is 0 Å². The van der Waals surface area contributed by atoms with E-state index in [1.807, 2.05) is 138 Å². The van der Waals surface area contributed by atoms with E-state index in [-0.39, 0.29) is 5.56 Å². The predicted octanol–water partition coefficient (Wildman–Crippen LogP) is 14.0.